The van der Waals surface area contributed by atoms with Gasteiger partial charge in [0.15, 0.2) is 5.78 Å². The third-order valence-corrected chi connectivity index (χ3v) is 7.44. The van der Waals surface area contributed by atoms with Crippen molar-refractivity contribution in [1.29, 1.82) is 0 Å². The van der Waals surface area contributed by atoms with Crippen LogP contribution in [0.4, 0.5) is 9.80 Å². The number of hydrogen-bond acceptors (Lipinski definition) is 7. The number of rotatable bonds is 10. The second kappa shape index (κ2) is 13.2. The van der Waals surface area contributed by atoms with Crippen molar-refractivity contribution in [2.75, 3.05) is 12.4 Å². The van der Waals surface area contributed by atoms with Crippen LogP contribution in [0.3, 0.4) is 0 Å². The van der Waals surface area contributed by atoms with Crippen LogP contribution in [0, 0.1) is 19.8 Å². The average Bonchev–Trinajstić information content (AvgIpc) is 3.19. The van der Waals surface area contributed by atoms with E-state index in [1.54, 1.807) is 50.2 Å². The molecule has 0 aliphatic rings. The molecule has 2 aromatic carbocycles. The van der Waals surface area contributed by atoms with Crippen molar-refractivity contribution >= 4 is 51.7 Å². The Morgan fingerprint density at radius 2 is 1.66 bits per heavy atom. The fourth-order valence-electron chi connectivity index (χ4n) is 3.85. The van der Waals surface area contributed by atoms with Gasteiger partial charge in [-0.15, -0.1) is 11.3 Å². The van der Waals surface area contributed by atoms with Crippen molar-refractivity contribution in [3.8, 4) is 0 Å². The third-order valence-electron chi connectivity index (χ3n) is 6.07. The van der Waals surface area contributed by atoms with Gasteiger partial charge in [0.1, 0.15) is 17.6 Å². The molecule has 0 fully saturated rings. The summed E-state index contributed by atoms with van der Waals surface area (Å²) in [5, 5.41) is 6.08. The number of halogens is 1. The number of ketones is 1. The number of esters is 1. The molecule has 10 heteroatoms. The van der Waals surface area contributed by atoms with Gasteiger partial charge in [0, 0.05) is 15.5 Å². The molecule has 1 aromatic heterocycles. The van der Waals surface area contributed by atoms with E-state index in [0.29, 0.717) is 21.2 Å². The van der Waals surface area contributed by atoms with Crippen LogP contribution in [0.5, 0.6) is 0 Å². The van der Waals surface area contributed by atoms with Crippen LogP contribution in [0.1, 0.15) is 45.3 Å². The molecule has 3 rings (SSSR count). The first-order valence-corrected chi connectivity index (χ1v) is 13.1. The Morgan fingerprint density at radius 3 is 2.26 bits per heavy atom. The van der Waals surface area contributed by atoms with E-state index >= 15 is 0 Å². The second-order valence-electron chi connectivity index (χ2n) is 8.53. The van der Waals surface area contributed by atoms with Gasteiger partial charge in [0.05, 0.1) is 18.6 Å². The fourth-order valence-corrected chi connectivity index (χ4v) is 5.04. The van der Waals surface area contributed by atoms with E-state index in [0.717, 1.165) is 16.0 Å². The summed E-state index contributed by atoms with van der Waals surface area (Å²) in [4.78, 5) is 52.8. The van der Waals surface area contributed by atoms with Crippen molar-refractivity contribution < 1.29 is 28.7 Å². The number of nitrogens with one attached hydrogen (secondary N) is 2. The SMILES string of the molecule is CC[C@@H](C(=O)OC)[C@H](NC(=O)OCc1ccccc1)C(=O)Nc1sc(C)c(C)c1C(=O)c1ccc(Cl)cc1. The number of benzene rings is 2. The second-order valence-corrected chi connectivity index (χ2v) is 10.2. The molecule has 2 amide bonds. The van der Waals surface area contributed by atoms with Gasteiger partial charge >= 0.3 is 12.1 Å². The van der Waals surface area contributed by atoms with E-state index in [1.165, 1.54) is 18.4 Å². The zero-order valence-electron chi connectivity index (χ0n) is 21.5. The summed E-state index contributed by atoms with van der Waals surface area (Å²) in [6.45, 7) is 5.33. The van der Waals surface area contributed by atoms with Crippen LogP contribution < -0.4 is 10.6 Å². The molecule has 0 aliphatic carbocycles. The predicted molar refractivity (Wildman–Crippen MR) is 147 cm³/mol. The Hall–Kier alpha value is -3.69. The molecule has 38 heavy (non-hydrogen) atoms. The first-order valence-electron chi connectivity index (χ1n) is 11.9. The lowest BCUT2D eigenvalue weighted by atomic mass is 9.96. The van der Waals surface area contributed by atoms with Gasteiger partial charge in [-0.2, -0.15) is 0 Å². The first-order chi connectivity index (χ1) is 18.2. The number of aryl methyl sites for hydroxylation is 1. The van der Waals surface area contributed by atoms with Crippen LogP contribution in [0.2, 0.25) is 5.02 Å². The molecular formula is C28H29ClN2O6S. The van der Waals surface area contributed by atoms with Crippen molar-refractivity contribution in [2.24, 2.45) is 5.92 Å². The number of hydrogen-bond donors (Lipinski definition) is 2. The molecule has 0 aliphatic heterocycles. The highest BCUT2D eigenvalue weighted by Crippen LogP contribution is 2.34. The quantitative estimate of drug-likeness (QED) is 0.245. The zero-order valence-corrected chi connectivity index (χ0v) is 23.1. The molecule has 0 unspecified atom stereocenters. The first kappa shape index (κ1) is 28.9. The van der Waals surface area contributed by atoms with E-state index in [4.69, 9.17) is 21.1 Å². The van der Waals surface area contributed by atoms with Gasteiger partial charge < -0.3 is 20.1 Å². The maximum absolute atomic E-state index is 13.5. The monoisotopic (exact) mass is 556 g/mol. The van der Waals surface area contributed by atoms with Crippen LogP contribution in [0.25, 0.3) is 0 Å². The molecule has 2 N–H and O–H groups in total. The standard InChI is InChI=1S/C28H29ClN2O6S/c1-5-21(27(34)36-4)23(30-28(35)37-15-18-9-7-6-8-10-18)25(33)31-26-22(16(2)17(3)38-26)24(32)19-11-13-20(29)14-12-19/h6-14,21,23H,5,15H2,1-4H3,(H,30,35)(H,31,33)/t21-,23+/m1/s1. The molecule has 0 saturated heterocycles. The Morgan fingerprint density at radius 1 is 1.00 bits per heavy atom. The van der Waals surface area contributed by atoms with E-state index < -0.39 is 29.9 Å². The van der Waals surface area contributed by atoms with E-state index in [-0.39, 0.29) is 18.8 Å². The molecule has 0 saturated carbocycles. The van der Waals surface area contributed by atoms with Gasteiger partial charge in [-0.3, -0.25) is 14.4 Å². The highest BCUT2D eigenvalue weighted by atomic mass is 35.5. The number of anilines is 1. The minimum absolute atomic E-state index is 0.0148. The van der Waals surface area contributed by atoms with Gasteiger partial charge in [0.25, 0.3) is 0 Å². The minimum atomic E-state index is -1.31. The summed E-state index contributed by atoms with van der Waals surface area (Å²) < 4.78 is 10.1. The number of carbonyl (C=O) groups excluding carboxylic acids is 4. The highest BCUT2D eigenvalue weighted by molar-refractivity contribution is 7.16. The van der Waals surface area contributed by atoms with Crippen molar-refractivity contribution in [3.05, 3.63) is 86.8 Å². The van der Waals surface area contributed by atoms with Gasteiger partial charge in [-0.05, 0) is 55.7 Å². The maximum Gasteiger partial charge on any atom is 0.408 e. The number of ether oxygens (including phenoxy) is 2. The molecule has 8 nitrogen and oxygen atoms in total. The summed E-state index contributed by atoms with van der Waals surface area (Å²) in [7, 11) is 1.21. The minimum Gasteiger partial charge on any atom is -0.469 e. The zero-order chi connectivity index (χ0) is 27.8. The molecule has 2 atom stereocenters. The van der Waals surface area contributed by atoms with E-state index in [1.807, 2.05) is 25.1 Å². The summed E-state index contributed by atoms with van der Waals surface area (Å²) >= 11 is 7.20. The lowest BCUT2D eigenvalue weighted by Crippen LogP contribution is -2.51. The summed E-state index contributed by atoms with van der Waals surface area (Å²) in [5.74, 6) is -2.61. The van der Waals surface area contributed by atoms with E-state index in [2.05, 4.69) is 10.6 Å². The predicted octanol–water partition coefficient (Wildman–Crippen LogP) is 5.68. The number of carbonyl (C=O) groups is 4. The van der Waals surface area contributed by atoms with Crippen molar-refractivity contribution in [3.63, 3.8) is 0 Å². The maximum atomic E-state index is 13.5. The van der Waals surface area contributed by atoms with Gasteiger partial charge in [-0.1, -0.05) is 48.9 Å². The Balaban J connectivity index is 1.86. The number of thiophene rings is 1. The smallest absolute Gasteiger partial charge is 0.408 e. The van der Waals surface area contributed by atoms with Gasteiger partial charge in [-0.25, -0.2) is 4.79 Å². The van der Waals surface area contributed by atoms with Crippen LogP contribution in [-0.4, -0.2) is 36.9 Å². The topological polar surface area (TPSA) is 111 Å². The third kappa shape index (κ3) is 6.99. The molecule has 0 radical (unpaired) electrons. The average molecular weight is 557 g/mol. The van der Waals surface area contributed by atoms with Crippen molar-refractivity contribution in [2.45, 2.75) is 39.8 Å². The molecule has 1 heterocycles. The number of methoxy groups -OCH3 is 1. The lowest BCUT2D eigenvalue weighted by molar-refractivity contribution is -0.148. The normalized spacial score (nSPS) is 12.2. The Kier molecular flexibility index (Phi) is 10.0. The molecule has 200 valence electrons. The highest BCUT2D eigenvalue weighted by Gasteiger charge is 2.36. The van der Waals surface area contributed by atoms with Crippen LogP contribution >= 0.6 is 22.9 Å². The number of amides is 2. The lowest BCUT2D eigenvalue weighted by Gasteiger charge is -2.24. The van der Waals surface area contributed by atoms with Gasteiger partial charge in [0.2, 0.25) is 5.91 Å². The molecule has 0 spiro atoms. The fraction of sp³-hybridized carbons (Fsp3) is 0.286. The molecular weight excluding hydrogens is 528 g/mol. The molecule has 0 bridgehead atoms. The van der Waals surface area contributed by atoms with Crippen LogP contribution in [-0.2, 0) is 25.7 Å². The Bertz CT molecular complexity index is 1310. The van der Waals surface area contributed by atoms with Crippen molar-refractivity contribution in [1.82, 2.24) is 5.32 Å². The summed E-state index contributed by atoms with van der Waals surface area (Å²) in [6.07, 6.45) is -0.657. The van der Waals surface area contributed by atoms with Crippen LogP contribution in [0.15, 0.2) is 54.6 Å². The molecule has 3 aromatic rings. The van der Waals surface area contributed by atoms with E-state index in [9.17, 15) is 19.2 Å². The summed E-state index contributed by atoms with van der Waals surface area (Å²) in [6, 6.07) is 14.2. The number of alkyl carbamates (subject to hydrolysis) is 1. The summed E-state index contributed by atoms with van der Waals surface area (Å²) in [5.41, 5.74) is 2.22. The Labute approximate surface area is 230 Å². The largest absolute Gasteiger partial charge is 0.469 e.